The molecule has 2 aliphatic rings. The summed E-state index contributed by atoms with van der Waals surface area (Å²) in [4.78, 5) is 0. The molecule has 5 rings (SSSR count). The lowest BCUT2D eigenvalue weighted by atomic mass is 10.1. The van der Waals surface area contributed by atoms with Crippen LogP contribution in [-0.2, 0) is 6.42 Å². The fraction of sp³-hybridized carbons (Fsp3) is 0.176. The average molecular weight is 380 g/mol. The Labute approximate surface area is 153 Å². The fourth-order valence-electron chi connectivity index (χ4n) is 3.58. The minimum absolute atomic E-state index is 0.0933. The molecule has 2 atom stereocenters. The third-order valence-electron chi connectivity index (χ3n) is 4.56. The minimum atomic E-state index is 0.0933. The zero-order valence-corrected chi connectivity index (χ0v) is 14.6. The van der Waals surface area contributed by atoms with Crippen molar-refractivity contribution >= 4 is 34.8 Å². The molecule has 1 aliphatic heterocycles. The largest absolute Gasteiger partial charge is 0.469 e. The van der Waals surface area contributed by atoms with Crippen LogP contribution in [0.2, 0.25) is 15.1 Å². The van der Waals surface area contributed by atoms with Crippen molar-refractivity contribution in [2.45, 2.75) is 18.6 Å². The first kappa shape index (κ1) is 14.6. The molecular weight excluding hydrogens is 369 g/mol. The van der Waals surface area contributed by atoms with E-state index in [0.29, 0.717) is 26.8 Å². The van der Waals surface area contributed by atoms with Crippen molar-refractivity contribution in [3.63, 3.8) is 0 Å². The number of benzene rings is 2. The Bertz CT molecular complexity index is 962. The van der Waals surface area contributed by atoms with E-state index in [1.807, 2.05) is 10.9 Å². The van der Waals surface area contributed by atoms with Gasteiger partial charge in [0, 0.05) is 11.4 Å². The highest BCUT2D eigenvalue weighted by Crippen LogP contribution is 2.38. The van der Waals surface area contributed by atoms with E-state index >= 15 is 0 Å². The van der Waals surface area contributed by atoms with Crippen molar-refractivity contribution in [3.05, 3.63) is 68.9 Å². The van der Waals surface area contributed by atoms with E-state index in [0.717, 1.165) is 6.42 Å². The Kier molecular flexibility index (Phi) is 3.11. The maximum atomic E-state index is 6.30. The molecule has 0 fully saturated rings. The molecule has 1 aliphatic carbocycles. The van der Waals surface area contributed by atoms with Gasteiger partial charge in [-0.05, 0) is 23.3 Å². The number of ether oxygens (including phenoxy) is 1. The molecule has 2 heterocycles. The van der Waals surface area contributed by atoms with Crippen LogP contribution in [0.4, 0.5) is 0 Å². The molecule has 2 aromatic carbocycles. The second-order valence-electron chi connectivity index (χ2n) is 5.97. The van der Waals surface area contributed by atoms with Gasteiger partial charge in [-0.3, -0.25) is 0 Å². The summed E-state index contributed by atoms with van der Waals surface area (Å²) in [6.45, 7) is 0. The molecule has 7 heteroatoms. The lowest BCUT2D eigenvalue weighted by Gasteiger charge is -2.07. The average Bonchev–Trinajstić information content (AvgIpc) is 3.14. The molecule has 0 amide bonds. The van der Waals surface area contributed by atoms with Crippen LogP contribution in [0.15, 0.2) is 42.7 Å². The molecule has 0 radical (unpaired) electrons. The van der Waals surface area contributed by atoms with E-state index in [1.165, 1.54) is 11.1 Å². The topological polar surface area (TPSA) is 30.9 Å². The van der Waals surface area contributed by atoms with Gasteiger partial charge >= 0.3 is 6.01 Å². The summed E-state index contributed by atoms with van der Waals surface area (Å²) < 4.78 is 9.72. The predicted molar refractivity (Wildman–Crippen MR) is 91.5 cm³/mol. The van der Waals surface area contributed by atoms with Crippen LogP contribution >= 0.6 is 34.8 Å². The van der Waals surface area contributed by atoms with Crippen molar-refractivity contribution in [1.29, 1.82) is 0 Å². The number of fused-ring (bicyclic) bond motifs is 5. The molecule has 0 unspecified atom stereocenters. The molecule has 0 spiro atoms. The molecule has 0 saturated carbocycles. The van der Waals surface area contributed by atoms with Crippen molar-refractivity contribution in [3.8, 4) is 11.7 Å². The molecular formula is C17H11Cl3N3O+. The van der Waals surface area contributed by atoms with E-state index in [4.69, 9.17) is 39.5 Å². The quantitative estimate of drug-likeness (QED) is 0.598. The van der Waals surface area contributed by atoms with Gasteiger partial charge in [-0.1, -0.05) is 63.8 Å². The van der Waals surface area contributed by atoms with Gasteiger partial charge in [0.05, 0.1) is 15.1 Å². The van der Waals surface area contributed by atoms with E-state index in [1.54, 1.807) is 16.8 Å². The third-order valence-corrected chi connectivity index (χ3v) is 5.36. The Balaban J connectivity index is 1.63. The standard InChI is InChI=1S/C17H11Cl3N3O/c18-10-6-12(19)16(13(20)7-10)23-8-22-15-11-4-2-1-3-9(11)5-14(15)24-17(22)21-23/h1-4,6-8,14-15H,5H2/q+1/t14-,15+/m0/s1. The first-order chi connectivity index (χ1) is 11.6. The van der Waals surface area contributed by atoms with Gasteiger partial charge < -0.3 is 4.74 Å². The zero-order chi connectivity index (χ0) is 16.4. The summed E-state index contributed by atoms with van der Waals surface area (Å²) in [6, 6.07) is 12.4. The highest BCUT2D eigenvalue weighted by atomic mass is 35.5. The third kappa shape index (κ3) is 2.00. The van der Waals surface area contributed by atoms with E-state index in [2.05, 4.69) is 29.4 Å². The summed E-state index contributed by atoms with van der Waals surface area (Å²) in [5.74, 6) is 0. The number of rotatable bonds is 1. The van der Waals surface area contributed by atoms with Gasteiger partial charge in [0.15, 0.2) is 5.69 Å². The summed E-state index contributed by atoms with van der Waals surface area (Å²) >= 11 is 18.6. The van der Waals surface area contributed by atoms with Gasteiger partial charge in [-0.2, -0.15) is 4.57 Å². The number of hydrogen-bond acceptors (Lipinski definition) is 2. The Morgan fingerprint density at radius 2 is 1.88 bits per heavy atom. The van der Waals surface area contributed by atoms with Gasteiger partial charge in [-0.25, -0.2) is 0 Å². The van der Waals surface area contributed by atoms with Crippen LogP contribution in [0.3, 0.4) is 0 Å². The molecule has 4 nitrogen and oxygen atoms in total. The number of halogens is 3. The van der Waals surface area contributed by atoms with E-state index in [9.17, 15) is 0 Å². The Morgan fingerprint density at radius 1 is 1.12 bits per heavy atom. The monoisotopic (exact) mass is 378 g/mol. The zero-order valence-electron chi connectivity index (χ0n) is 12.3. The Hall–Kier alpha value is -1.75. The summed E-state index contributed by atoms with van der Waals surface area (Å²) in [5.41, 5.74) is 3.19. The fourth-order valence-corrected chi connectivity index (χ4v) is 4.57. The predicted octanol–water partition coefficient (Wildman–Crippen LogP) is 4.03. The van der Waals surface area contributed by atoms with Crippen LogP contribution in [0.5, 0.6) is 6.01 Å². The van der Waals surface area contributed by atoms with Gasteiger partial charge in [0.2, 0.25) is 6.33 Å². The summed E-state index contributed by atoms with van der Waals surface area (Å²) in [6.07, 6.45) is 2.87. The summed E-state index contributed by atoms with van der Waals surface area (Å²) in [7, 11) is 0. The summed E-state index contributed by atoms with van der Waals surface area (Å²) in [5, 5.41) is 5.89. The highest BCUT2D eigenvalue weighted by Gasteiger charge is 2.48. The smallest absolute Gasteiger partial charge is 0.431 e. The lowest BCUT2D eigenvalue weighted by molar-refractivity contribution is -0.698. The normalized spacial score (nSPS) is 20.5. The molecule has 0 N–H and O–H groups in total. The van der Waals surface area contributed by atoms with Crippen molar-refractivity contribution < 1.29 is 9.30 Å². The van der Waals surface area contributed by atoms with Crippen molar-refractivity contribution in [2.24, 2.45) is 0 Å². The first-order valence-electron chi connectivity index (χ1n) is 7.52. The van der Waals surface area contributed by atoms with Crippen LogP contribution in [-0.4, -0.2) is 15.9 Å². The second kappa shape index (κ2) is 5.12. The maximum Gasteiger partial charge on any atom is 0.469 e. The Morgan fingerprint density at radius 3 is 2.67 bits per heavy atom. The number of hydrogen-bond donors (Lipinski definition) is 0. The molecule has 120 valence electrons. The highest BCUT2D eigenvalue weighted by molar-refractivity contribution is 6.40. The molecule has 1 aromatic heterocycles. The SMILES string of the molecule is Clc1cc(Cl)c(-n2c[n+]3c(n2)O[C@H]2Cc4ccccc4[C@H]23)c(Cl)c1. The molecule has 3 aromatic rings. The minimum Gasteiger partial charge on any atom is -0.431 e. The van der Waals surface area contributed by atoms with E-state index < -0.39 is 0 Å². The van der Waals surface area contributed by atoms with Gasteiger partial charge in [-0.15, -0.1) is 0 Å². The van der Waals surface area contributed by atoms with Crippen LogP contribution < -0.4 is 9.30 Å². The molecule has 0 bridgehead atoms. The second-order valence-corrected chi connectivity index (χ2v) is 7.22. The number of nitrogens with zero attached hydrogens (tertiary/aromatic N) is 3. The van der Waals surface area contributed by atoms with Gasteiger partial charge in [0.1, 0.15) is 12.1 Å². The number of aromatic nitrogens is 3. The van der Waals surface area contributed by atoms with Crippen LogP contribution in [0.25, 0.3) is 5.69 Å². The van der Waals surface area contributed by atoms with Crippen LogP contribution in [0, 0.1) is 0 Å². The van der Waals surface area contributed by atoms with Crippen LogP contribution in [0.1, 0.15) is 17.2 Å². The first-order valence-corrected chi connectivity index (χ1v) is 8.65. The van der Waals surface area contributed by atoms with Gasteiger partial charge in [0.25, 0.3) is 0 Å². The molecule has 24 heavy (non-hydrogen) atoms. The van der Waals surface area contributed by atoms with E-state index in [-0.39, 0.29) is 12.1 Å². The molecule has 0 saturated heterocycles. The van der Waals surface area contributed by atoms with Crippen molar-refractivity contribution in [1.82, 2.24) is 9.78 Å². The van der Waals surface area contributed by atoms with Crippen molar-refractivity contribution in [2.75, 3.05) is 0 Å². The maximum absolute atomic E-state index is 6.30. The lowest BCUT2D eigenvalue weighted by Crippen LogP contribution is -2.37.